The van der Waals surface area contributed by atoms with E-state index in [0.29, 0.717) is 11.3 Å². The molecule has 0 aliphatic carbocycles. The Morgan fingerprint density at radius 1 is 1.11 bits per heavy atom. The van der Waals surface area contributed by atoms with Crippen molar-refractivity contribution in [2.75, 3.05) is 33.3 Å². The summed E-state index contributed by atoms with van der Waals surface area (Å²) in [7, 11) is -2.23. The van der Waals surface area contributed by atoms with Crippen LogP contribution in [-0.2, 0) is 10.0 Å². The number of carbonyl (C=O) groups is 1. The number of aryl methyl sites for hydroxylation is 1. The topological polar surface area (TPSA) is 90.7 Å². The zero-order chi connectivity index (χ0) is 20.3. The molecule has 1 aliphatic heterocycles. The van der Waals surface area contributed by atoms with Gasteiger partial charge in [0.15, 0.2) is 0 Å². The SMILES string of the molecule is COc1cc(C(=O)N2CCN(S(=O)(=O)c3ccccc3C#N)CC2)ccc1C. The van der Waals surface area contributed by atoms with Gasteiger partial charge in [0.2, 0.25) is 10.0 Å². The Labute approximate surface area is 164 Å². The van der Waals surface area contributed by atoms with Crippen LogP contribution < -0.4 is 4.74 Å². The molecule has 28 heavy (non-hydrogen) atoms. The van der Waals surface area contributed by atoms with E-state index >= 15 is 0 Å². The molecule has 8 heteroatoms. The third kappa shape index (κ3) is 3.72. The van der Waals surface area contributed by atoms with Gasteiger partial charge in [0.1, 0.15) is 11.8 Å². The average Bonchev–Trinajstić information content (AvgIpc) is 2.73. The largest absolute Gasteiger partial charge is 0.496 e. The van der Waals surface area contributed by atoms with E-state index in [1.807, 2.05) is 19.1 Å². The number of hydrogen-bond acceptors (Lipinski definition) is 5. The Hall–Kier alpha value is -2.89. The summed E-state index contributed by atoms with van der Waals surface area (Å²) in [5.74, 6) is 0.480. The highest BCUT2D eigenvalue weighted by molar-refractivity contribution is 7.89. The van der Waals surface area contributed by atoms with E-state index in [0.717, 1.165) is 5.56 Å². The Morgan fingerprint density at radius 2 is 1.79 bits per heavy atom. The minimum Gasteiger partial charge on any atom is -0.496 e. The van der Waals surface area contributed by atoms with Crippen LogP contribution in [0.2, 0.25) is 0 Å². The summed E-state index contributed by atoms with van der Waals surface area (Å²) in [6.07, 6.45) is 0. The van der Waals surface area contributed by atoms with Gasteiger partial charge in [0, 0.05) is 31.7 Å². The van der Waals surface area contributed by atoms with E-state index in [4.69, 9.17) is 4.74 Å². The van der Waals surface area contributed by atoms with Crippen molar-refractivity contribution in [2.24, 2.45) is 0 Å². The molecule has 7 nitrogen and oxygen atoms in total. The molecule has 0 bridgehead atoms. The predicted molar refractivity (Wildman–Crippen MR) is 104 cm³/mol. The highest BCUT2D eigenvalue weighted by Gasteiger charge is 2.31. The lowest BCUT2D eigenvalue weighted by Gasteiger charge is -2.34. The molecule has 0 aromatic heterocycles. The van der Waals surface area contributed by atoms with Crippen molar-refractivity contribution in [1.29, 1.82) is 5.26 Å². The molecule has 1 heterocycles. The van der Waals surface area contributed by atoms with E-state index in [-0.39, 0.29) is 42.5 Å². The minimum absolute atomic E-state index is 0.000507. The normalized spacial score (nSPS) is 15.1. The Kier molecular flexibility index (Phi) is 5.68. The molecule has 0 spiro atoms. The van der Waals surface area contributed by atoms with Crippen LogP contribution in [0.15, 0.2) is 47.4 Å². The van der Waals surface area contributed by atoms with Gasteiger partial charge in [0.25, 0.3) is 5.91 Å². The Morgan fingerprint density at radius 3 is 2.43 bits per heavy atom. The van der Waals surface area contributed by atoms with Crippen molar-refractivity contribution < 1.29 is 17.9 Å². The summed E-state index contributed by atoms with van der Waals surface area (Å²) in [5.41, 5.74) is 1.56. The van der Waals surface area contributed by atoms with Crippen molar-refractivity contribution in [3.8, 4) is 11.8 Å². The third-order valence-electron chi connectivity index (χ3n) is 4.81. The lowest BCUT2D eigenvalue weighted by atomic mass is 10.1. The summed E-state index contributed by atoms with van der Waals surface area (Å²) < 4.78 is 32.4. The summed E-state index contributed by atoms with van der Waals surface area (Å²) >= 11 is 0. The smallest absolute Gasteiger partial charge is 0.254 e. The van der Waals surface area contributed by atoms with Crippen LogP contribution in [0.5, 0.6) is 5.75 Å². The fourth-order valence-electron chi connectivity index (χ4n) is 3.19. The molecule has 146 valence electrons. The fourth-order valence-corrected chi connectivity index (χ4v) is 4.75. The van der Waals surface area contributed by atoms with Crippen LogP contribution in [0, 0.1) is 18.3 Å². The van der Waals surface area contributed by atoms with Gasteiger partial charge in [0.05, 0.1) is 17.6 Å². The molecular weight excluding hydrogens is 378 g/mol. The summed E-state index contributed by atoms with van der Waals surface area (Å²) in [6, 6.07) is 13.3. The maximum atomic E-state index is 12.9. The third-order valence-corrected chi connectivity index (χ3v) is 6.76. The van der Waals surface area contributed by atoms with E-state index in [2.05, 4.69) is 0 Å². The maximum absolute atomic E-state index is 12.9. The molecule has 0 N–H and O–H groups in total. The summed E-state index contributed by atoms with van der Waals surface area (Å²) in [6.45, 7) is 2.81. The molecule has 0 radical (unpaired) electrons. The Bertz CT molecular complexity index is 1040. The number of sulfonamides is 1. The number of piperazine rings is 1. The second-order valence-electron chi connectivity index (χ2n) is 6.49. The second kappa shape index (κ2) is 8.00. The van der Waals surface area contributed by atoms with E-state index < -0.39 is 10.0 Å². The van der Waals surface area contributed by atoms with Gasteiger partial charge in [-0.3, -0.25) is 4.79 Å². The van der Waals surface area contributed by atoms with Crippen molar-refractivity contribution >= 4 is 15.9 Å². The quantitative estimate of drug-likeness (QED) is 0.785. The second-order valence-corrected chi connectivity index (χ2v) is 8.40. The van der Waals surface area contributed by atoms with E-state index in [1.54, 1.807) is 36.3 Å². The van der Waals surface area contributed by atoms with Gasteiger partial charge in [-0.05, 0) is 36.8 Å². The van der Waals surface area contributed by atoms with Crippen molar-refractivity contribution in [2.45, 2.75) is 11.8 Å². The first kappa shape index (κ1) is 19.9. The van der Waals surface area contributed by atoms with Crippen LogP contribution in [-0.4, -0.2) is 56.8 Å². The van der Waals surface area contributed by atoms with Crippen LogP contribution in [0.4, 0.5) is 0 Å². The van der Waals surface area contributed by atoms with Crippen LogP contribution in [0.3, 0.4) is 0 Å². The van der Waals surface area contributed by atoms with E-state index in [1.165, 1.54) is 16.4 Å². The van der Waals surface area contributed by atoms with Crippen molar-refractivity contribution in [3.05, 3.63) is 59.2 Å². The lowest BCUT2D eigenvalue weighted by Crippen LogP contribution is -2.50. The van der Waals surface area contributed by atoms with Gasteiger partial charge in [-0.15, -0.1) is 0 Å². The summed E-state index contributed by atoms with van der Waals surface area (Å²) in [5, 5.41) is 9.19. The van der Waals surface area contributed by atoms with E-state index in [9.17, 15) is 18.5 Å². The number of benzene rings is 2. The van der Waals surface area contributed by atoms with Gasteiger partial charge >= 0.3 is 0 Å². The van der Waals surface area contributed by atoms with Gasteiger partial charge in [-0.2, -0.15) is 9.57 Å². The fraction of sp³-hybridized carbons (Fsp3) is 0.300. The monoisotopic (exact) mass is 399 g/mol. The number of nitriles is 1. The summed E-state index contributed by atoms with van der Waals surface area (Å²) in [4.78, 5) is 14.4. The zero-order valence-corrected chi connectivity index (χ0v) is 16.6. The number of amides is 1. The van der Waals surface area contributed by atoms with Crippen molar-refractivity contribution in [3.63, 3.8) is 0 Å². The molecule has 2 aromatic carbocycles. The van der Waals surface area contributed by atoms with Crippen LogP contribution in [0.25, 0.3) is 0 Å². The number of methoxy groups -OCH3 is 1. The minimum atomic E-state index is -3.78. The molecule has 2 aromatic rings. The highest BCUT2D eigenvalue weighted by Crippen LogP contribution is 2.23. The maximum Gasteiger partial charge on any atom is 0.254 e. The number of nitrogens with zero attached hydrogens (tertiary/aromatic N) is 3. The number of carbonyl (C=O) groups excluding carboxylic acids is 1. The molecule has 0 atom stereocenters. The number of rotatable bonds is 4. The van der Waals surface area contributed by atoms with Gasteiger partial charge in [-0.25, -0.2) is 8.42 Å². The Balaban J connectivity index is 1.74. The molecule has 1 aliphatic rings. The van der Waals surface area contributed by atoms with Gasteiger partial charge < -0.3 is 9.64 Å². The first-order valence-electron chi connectivity index (χ1n) is 8.81. The molecule has 0 saturated carbocycles. The molecular formula is C20H21N3O4S. The average molecular weight is 399 g/mol. The predicted octanol–water partition coefficient (Wildman–Crippen LogP) is 2.02. The molecule has 3 rings (SSSR count). The molecule has 1 saturated heterocycles. The molecule has 1 fully saturated rings. The number of ether oxygens (including phenoxy) is 1. The molecule has 0 unspecified atom stereocenters. The number of hydrogen-bond donors (Lipinski definition) is 0. The zero-order valence-electron chi connectivity index (χ0n) is 15.8. The standard InChI is InChI=1S/C20H21N3O4S/c1-15-7-8-16(13-18(15)27-2)20(24)22-9-11-23(12-10-22)28(25,26)19-6-4-3-5-17(19)14-21/h3-8,13H,9-12H2,1-2H3. The first-order chi connectivity index (χ1) is 13.4. The first-order valence-corrected chi connectivity index (χ1v) is 10.3. The molecule has 1 amide bonds. The van der Waals surface area contributed by atoms with Crippen LogP contribution >= 0.6 is 0 Å². The van der Waals surface area contributed by atoms with Crippen LogP contribution in [0.1, 0.15) is 21.5 Å². The highest BCUT2D eigenvalue weighted by atomic mass is 32.2. The van der Waals surface area contributed by atoms with Gasteiger partial charge in [-0.1, -0.05) is 18.2 Å². The van der Waals surface area contributed by atoms with Crippen molar-refractivity contribution in [1.82, 2.24) is 9.21 Å². The lowest BCUT2D eigenvalue weighted by molar-refractivity contribution is 0.0697.